The molecule has 0 aliphatic heterocycles. The number of urea groups is 1. The molecule has 108 valence electrons. The van der Waals surface area contributed by atoms with Gasteiger partial charge in [0.1, 0.15) is 0 Å². The first-order valence-corrected chi connectivity index (χ1v) is 6.91. The summed E-state index contributed by atoms with van der Waals surface area (Å²) < 4.78 is 0. The van der Waals surface area contributed by atoms with Crippen LogP contribution in [0.1, 0.15) is 53.9 Å². The summed E-state index contributed by atoms with van der Waals surface area (Å²) in [5.41, 5.74) is -0.658. The summed E-state index contributed by atoms with van der Waals surface area (Å²) in [6.45, 7) is 10.9. The van der Waals surface area contributed by atoms with Gasteiger partial charge in [0.25, 0.3) is 0 Å². The Morgan fingerprint density at radius 1 is 1.17 bits per heavy atom. The summed E-state index contributed by atoms with van der Waals surface area (Å²) >= 11 is 0. The molecule has 0 saturated heterocycles. The Labute approximate surface area is 112 Å². The van der Waals surface area contributed by atoms with Crippen LogP contribution in [-0.2, 0) is 0 Å². The first-order valence-electron chi connectivity index (χ1n) is 6.91. The van der Waals surface area contributed by atoms with Crippen molar-refractivity contribution < 1.29 is 9.90 Å². The van der Waals surface area contributed by atoms with Crippen LogP contribution in [0.15, 0.2) is 0 Å². The molecule has 0 saturated carbocycles. The molecular formula is C14H30N2O2. The molecule has 4 nitrogen and oxygen atoms in total. The van der Waals surface area contributed by atoms with E-state index < -0.39 is 5.60 Å². The highest BCUT2D eigenvalue weighted by molar-refractivity contribution is 5.73. The Kier molecular flexibility index (Phi) is 6.68. The number of likely N-dealkylation sites (N-methyl/N-ethyl adjacent to an activating group) is 1. The van der Waals surface area contributed by atoms with Gasteiger partial charge in [0.15, 0.2) is 0 Å². The quantitative estimate of drug-likeness (QED) is 0.737. The summed E-state index contributed by atoms with van der Waals surface area (Å²) in [6, 6.07) is -0.114. The van der Waals surface area contributed by atoms with E-state index in [0.717, 1.165) is 19.3 Å². The van der Waals surface area contributed by atoms with Crippen LogP contribution in [0.25, 0.3) is 0 Å². The number of aliphatic hydroxyl groups is 1. The molecule has 0 unspecified atom stereocenters. The largest absolute Gasteiger partial charge is 0.389 e. The number of nitrogens with one attached hydrogen (secondary N) is 1. The average Bonchev–Trinajstić information content (AvgIpc) is 2.29. The maximum Gasteiger partial charge on any atom is 0.317 e. The molecule has 0 radical (unpaired) electrons. The Balaban J connectivity index is 4.32. The molecule has 0 fully saturated rings. The van der Waals surface area contributed by atoms with E-state index in [9.17, 15) is 9.90 Å². The van der Waals surface area contributed by atoms with Gasteiger partial charge in [0, 0.05) is 13.6 Å². The van der Waals surface area contributed by atoms with Crippen molar-refractivity contribution in [1.82, 2.24) is 10.2 Å². The molecule has 4 heteroatoms. The molecule has 0 bridgehead atoms. The van der Waals surface area contributed by atoms with Gasteiger partial charge in [-0.3, -0.25) is 0 Å². The number of nitrogens with zero attached hydrogens (tertiary/aromatic N) is 1. The molecule has 0 aromatic heterocycles. The monoisotopic (exact) mass is 258 g/mol. The number of carbonyl (C=O) groups is 1. The number of amides is 2. The van der Waals surface area contributed by atoms with Gasteiger partial charge in [-0.1, -0.05) is 20.8 Å². The van der Waals surface area contributed by atoms with Crippen LogP contribution in [-0.4, -0.2) is 41.8 Å². The minimum Gasteiger partial charge on any atom is -0.389 e. The van der Waals surface area contributed by atoms with Crippen molar-refractivity contribution >= 4 is 6.03 Å². The van der Waals surface area contributed by atoms with Crippen molar-refractivity contribution in [3.63, 3.8) is 0 Å². The molecule has 0 aromatic carbocycles. The van der Waals surface area contributed by atoms with E-state index in [1.54, 1.807) is 20.9 Å². The van der Waals surface area contributed by atoms with Crippen LogP contribution in [0.4, 0.5) is 4.79 Å². The van der Waals surface area contributed by atoms with E-state index in [2.05, 4.69) is 26.1 Å². The molecule has 0 rings (SSSR count). The number of carbonyl (C=O) groups excluding carboxylic acids is 1. The average molecular weight is 258 g/mol. The SMILES string of the molecule is CCC(CC)(CC)CNC(=O)N(C)CC(C)(C)O. The maximum absolute atomic E-state index is 11.9. The van der Waals surface area contributed by atoms with E-state index in [-0.39, 0.29) is 11.4 Å². The summed E-state index contributed by atoms with van der Waals surface area (Å²) in [4.78, 5) is 13.5. The lowest BCUT2D eigenvalue weighted by molar-refractivity contribution is 0.0526. The second kappa shape index (κ2) is 6.98. The van der Waals surface area contributed by atoms with Crippen LogP contribution >= 0.6 is 0 Å². The zero-order valence-corrected chi connectivity index (χ0v) is 12.8. The predicted octanol–water partition coefficient (Wildman–Crippen LogP) is 2.62. The summed E-state index contributed by atoms with van der Waals surface area (Å²) in [7, 11) is 1.71. The fourth-order valence-electron chi connectivity index (χ4n) is 2.18. The first-order chi connectivity index (χ1) is 8.19. The third-order valence-electron chi connectivity index (χ3n) is 3.84. The zero-order valence-electron chi connectivity index (χ0n) is 12.8. The van der Waals surface area contributed by atoms with E-state index >= 15 is 0 Å². The normalized spacial score (nSPS) is 12.4. The zero-order chi connectivity index (χ0) is 14.4. The Morgan fingerprint density at radius 2 is 1.61 bits per heavy atom. The van der Waals surface area contributed by atoms with Crippen molar-refractivity contribution in [3.05, 3.63) is 0 Å². The Morgan fingerprint density at radius 3 is 1.94 bits per heavy atom. The van der Waals surface area contributed by atoms with Crippen molar-refractivity contribution in [3.8, 4) is 0 Å². The maximum atomic E-state index is 11.9. The highest BCUT2D eigenvalue weighted by atomic mass is 16.3. The van der Waals surface area contributed by atoms with Crippen LogP contribution in [0, 0.1) is 5.41 Å². The van der Waals surface area contributed by atoms with Gasteiger partial charge in [-0.2, -0.15) is 0 Å². The molecule has 0 spiro atoms. The number of hydrogen-bond acceptors (Lipinski definition) is 2. The third kappa shape index (κ3) is 5.71. The number of rotatable bonds is 7. The van der Waals surface area contributed by atoms with Gasteiger partial charge in [-0.25, -0.2) is 4.79 Å². The van der Waals surface area contributed by atoms with Gasteiger partial charge in [-0.05, 0) is 38.5 Å². The number of hydrogen-bond donors (Lipinski definition) is 2. The van der Waals surface area contributed by atoms with Gasteiger partial charge < -0.3 is 15.3 Å². The fourth-order valence-corrected chi connectivity index (χ4v) is 2.18. The van der Waals surface area contributed by atoms with Crippen molar-refractivity contribution in [2.75, 3.05) is 20.1 Å². The molecule has 18 heavy (non-hydrogen) atoms. The lowest BCUT2D eigenvalue weighted by atomic mass is 9.80. The molecule has 2 amide bonds. The minimum absolute atomic E-state index is 0.114. The molecule has 2 N–H and O–H groups in total. The van der Waals surface area contributed by atoms with Gasteiger partial charge >= 0.3 is 6.03 Å². The second-order valence-electron chi connectivity index (χ2n) is 5.89. The fraction of sp³-hybridized carbons (Fsp3) is 0.929. The van der Waals surface area contributed by atoms with Crippen molar-refractivity contribution in [1.29, 1.82) is 0 Å². The van der Waals surface area contributed by atoms with Gasteiger partial charge in [0.2, 0.25) is 0 Å². The summed E-state index contributed by atoms with van der Waals surface area (Å²) in [5.74, 6) is 0. The van der Waals surface area contributed by atoms with E-state index in [1.165, 1.54) is 4.90 Å². The molecular weight excluding hydrogens is 228 g/mol. The van der Waals surface area contributed by atoms with Crippen molar-refractivity contribution in [2.45, 2.75) is 59.5 Å². The molecule has 0 aliphatic rings. The van der Waals surface area contributed by atoms with Crippen LogP contribution in [0.5, 0.6) is 0 Å². The predicted molar refractivity (Wildman–Crippen MR) is 75.6 cm³/mol. The van der Waals surface area contributed by atoms with Gasteiger partial charge in [0.05, 0.1) is 12.1 Å². The van der Waals surface area contributed by atoms with E-state index in [4.69, 9.17) is 0 Å². The topological polar surface area (TPSA) is 52.6 Å². The molecule has 0 aromatic rings. The smallest absolute Gasteiger partial charge is 0.317 e. The first kappa shape index (κ1) is 17.2. The van der Waals surface area contributed by atoms with E-state index in [0.29, 0.717) is 13.1 Å². The second-order valence-corrected chi connectivity index (χ2v) is 5.89. The highest BCUT2D eigenvalue weighted by Gasteiger charge is 2.26. The summed E-state index contributed by atoms with van der Waals surface area (Å²) in [5, 5.41) is 12.7. The van der Waals surface area contributed by atoms with E-state index in [1.807, 2.05) is 0 Å². The Bertz CT molecular complexity index is 247. The van der Waals surface area contributed by atoms with Crippen LogP contribution in [0.3, 0.4) is 0 Å². The van der Waals surface area contributed by atoms with Gasteiger partial charge in [-0.15, -0.1) is 0 Å². The Hall–Kier alpha value is -0.770. The van der Waals surface area contributed by atoms with Crippen LogP contribution < -0.4 is 5.32 Å². The molecule has 0 heterocycles. The lowest BCUT2D eigenvalue weighted by Gasteiger charge is -2.32. The molecule has 0 atom stereocenters. The minimum atomic E-state index is -0.858. The highest BCUT2D eigenvalue weighted by Crippen LogP contribution is 2.29. The molecule has 0 aliphatic carbocycles. The van der Waals surface area contributed by atoms with Crippen molar-refractivity contribution in [2.24, 2.45) is 5.41 Å². The third-order valence-corrected chi connectivity index (χ3v) is 3.84. The summed E-state index contributed by atoms with van der Waals surface area (Å²) in [6.07, 6.45) is 3.19. The standard InChI is InChI=1S/C14H30N2O2/c1-7-14(8-2,9-3)10-15-12(17)16(6)11-13(4,5)18/h18H,7-11H2,1-6H3,(H,15,17). The van der Waals surface area contributed by atoms with Crippen LogP contribution in [0.2, 0.25) is 0 Å². The lowest BCUT2D eigenvalue weighted by Crippen LogP contribution is -2.47.